The number of hydrogen-bond acceptors (Lipinski definition) is 4. The van der Waals surface area contributed by atoms with E-state index in [1.807, 2.05) is 48.5 Å². The zero-order valence-corrected chi connectivity index (χ0v) is 17.0. The maximum absolute atomic E-state index is 11.6. The van der Waals surface area contributed by atoms with Gasteiger partial charge in [0.2, 0.25) is 0 Å². The molecule has 2 heterocycles. The van der Waals surface area contributed by atoms with E-state index < -0.39 is 0 Å². The van der Waals surface area contributed by atoms with Crippen molar-refractivity contribution in [3.05, 3.63) is 106 Å². The topological polar surface area (TPSA) is 58.4 Å². The molecule has 0 aromatic heterocycles. The Morgan fingerprint density at radius 3 is 2.52 bits per heavy atom. The maximum Gasteiger partial charge on any atom is 0.277 e. The van der Waals surface area contributed by atoms with E-state index in [-0.39, 0.29) is 16.8 Å². The molecule has 150 valence electrons. The fourth-order valence-electron chi connectivity index (χ4n) is 4.65. The molecule has 0 saturated heterocycles. The van der Waals surface area contributed by atoms with Crippen LogP contribution in [0.2, 0.25) is 5.02 Å². The number of nitrogens with zero attached hydrogens (tertiary/aromatic N) is 2. The van der Waals surface area contributed by atoms with Crippen molar-refractivity contribution in [1.29, 1.82) is 0 Å². The van der Waals surface area contributed by atoms with Crippen molar-refractivity contribution in [2.45, 2.75) is 6.17 Å². The number of nitro benzene ring substituents is 1. The summed E-state index contributed by atoms with van der Waals surface area (Å²) >= 11 is 6.39. The molecule has 5 nitrogen and oxygen atoms in total. The number of rotatable bonds is 2. The highest BCUT2D eigenvalue weighted by Crippen LogP contribution is 2.54. The van der Waals surface area contributed by atoms with Gasteiger partial charge >= 0.3 is 0 Å². The molecule has 2 aliphatic rings. The molecule has 1 atom stereocenters. The number of halogens is 1. The highest BCUT2D eigenvalue weighted by molar-refractivity contribution is 6.31. The lowest BCUT2D eigenvalue weighted by Gasteiger charge is -2.35. The Balaban J connectivity index is 1.59. The van der Waals surface area contributed by atoms with Gasteiger partial charge in [-0.2, -0.15) is 0 Å². The average Bonchev–Trinajstić information content (AvgIpc) is 3.18. The molecule has 0 spiro atoms. The minimum Gasteiger partial charge on any atom is -0.359 e. The van der Waals surface area contributed by atoms with E-state index in [9.17, 15) is 10.1 Å². The number of para-hydroxylation sites is 3. The number of hydrogen-bond donors (Lipinski definition) is 1. The lowest BCUT2D eigenvalue weighted by Crippen LogP contribution is -2.27. The fraction of sp³-hybridized carbons (Fsp3) is 0.0400. The van der Waals surface area contributed by atoms with Crippen LogP contribution in [0.4, 0.5) is 22.7 Å². The second-order valence-corrected chi connectivity index (χ2v) is 8.11. The summed E-state index contributed by atoms with van der Waals surface area (Å²) in [6, 6.07) is 27.0. The summed E-state index contributed by atoms with van der Waals surface area (Å²) < 4.78 is 0. The first-order valence-electron chi connectivity index (χ1n) is 9.94. The van der Waals surface area contributed by atoms with E-state index in [0.29, 0.717) is 10.6 Å². The van der Waals surface area contributed by atoms with Crippen LogP contribution < -0.4 is 10.2 Å². The highest BCUT2D eigenvalue weighted by atomic mass is 35.5. The molecule has 6 heteroatoms. The second kappa shape index (κ2) is 6.59. The van der Waals surface area contributed by atoms with Crippen LogP contribution in [0.5, 0.6) is 0 Å². The summed E-state index contributed by atoms with van der Waals surface area (Å²) in [5.41, 5.74) is 7.88. The standard InChI is InChI=1S/C25H16ClN3O2/c26-16-10-12-22-20(14-16)19-13-15(17-5-1-3-7-23(17)29(30)31)9-11-18(19)25-27-21-6-2-4-8-24(21)28(22)25/h1-14,25,27H. The number of anilines is 3. The van der Waals surface area contributed by atoms with Crippen LogP contribution in [-0.2, 0) is 0 Å². The van der Waals surface area contributed by atoms with Crippen molar-refractivity contribution in [3.63, 3.8) is 0 Å². The normalized spacial score (nSPS) is 15.4. The summed E-state index contributed by atoms with van der Waals surface area (Å²) in [4.78, 5) is 13.5. The van der Waals surface area contributed by atoms with Gasteiger partial charge < -0.3 is 10.2 Å². The number of nitrogens with one attached hydrogen (secondary N) is 1. The number of benzene rings is 4. The quantitative estimate of drug-likeness (QED) is 0.273. The highest BCUT2D eigenvalue weighted by Gasteiger charge is 2.37. The molecule has 0 amide bonds. The van der Waals surface area contributed by atoms with Gasteiger partial charge in [-0.05, 0) is 53.6 Å². The van der Waals surface area contributed by atoms with Gasteiger partial charge in [0.1, 0.15) is 6.17 Å². The van der Waals surface area contributed by atoms with Gasteiger partial charge in [-0.1, -0.05) is 48.0 Å². The molecule has 2 aliphatic heterocycles. The van der Waals surface area contributed by atoms with Gasteiger partial charge in [0.25, 0.3) is 5.69 Å². The monoisotopic (exact) mass is 425 g/mol. The molecule has 4 aromatic rings. The molecule has 31 heavy (non-hydrogen) atoms. The molecular weight excluding hydrogens is 410 g/mol. The van der Waals surface area contributed by atoms with Gasteiger partial charge in [-0.25, -0.2) is 0 Å². The van der Waals surface area contributed by atoms with Gasteiger partial charge in [0, 0.05) is 22.2 Å². The third kappa shape index (κ3) is 2.64. The molecule has 0 fully saturated rings. The van der Waals surface area contributed by atoms with E-state index in [0.717, 1.165) is 39.3 Å². The largest absolute Gasteiger partial charge is 0.359 e. The Hall–Kier alpha value is -3.83. The zero-order chi connectivity index (χ0) is 21.1. The van der Waals surface area contributed by atoms with Crippen molar-refractivity contribution in [2.75, 3.05) is 10.2 Å². The molecular formula is C25H16ClN3O2. The summed E-state index contributed by atoms with van der Waals surface area (Å²) in [6.07, 6.45) is -0.0547. The summed E-state index contributed by atoms with van der Waals surface area (Å²) in [5, 5.41) is 15.8. The molecule has 0 radical (unpaired) electrons. The van der Waals surface area contributed by atoms with Crippen LogP contribution in [0.15, 0.2) is 84.9 Å². The van der Waals surface area contributed by atoms with Crippen LogP contribution in [0.25, 0.3) is 22.3 Å². The Morgan fingerprint density at radius 2 is 1.65 bits per heavy atom. The SMILES string of the molecule is O=[N+]([O-])c1ccccc1-c1ccc2c(c1)-c1cc(Cl)ccc1N1c3ccccc3NC21. The minimum atomic E-state index is -0.337. The molecule has 6 rings (SSSR count). The van der Waals surface area contributed by atoms with Crippen molar-refractivity contribution < 1.29 is 4.92 Å². The Bertz CT molecular complexity index is 1390. The van der Waals surface area contributed by atoms with E-state index in [2.05, 4.69) is 28.4 Å². The van der Waals surface area contributed by atoms with Gasteiger partial charge in [0.05, 0.1) is 27.5 Å². The minimum absolute atomic E-state index is 0.0547. The fourth-order valence-corrected chi connectivity index (χ4v) is 4.82. The molecule has 1 N–H and O–H groups in total. The first-order valence-corrected chi connectivity index (χ1v) is 10.3. The average molecular weight is 426 g/mol. The molecule has 0 aliphatic carbocycles. The van der Waals surface area contributed by atoms with E-state index in [1.165, 1.54) is 6.07 Å². The van der Waals surface area contributed by atoms with Gasteiger partial charge in [0.15, 0.2) is 0 Å². The van der Waals surface area contributed by atoms with E-state index in [1.54, 1.807) is 12.1 Å². The Kier molecular flexibility index (Phi) is 3.82. The lowest BCUT2D eigenvalue weighted by atomic mass is 9.88. The first kappa shape index (κ1) is 18.0. The van der Waals surface area contributed by atoms with Crippen LogP contribution in [0.3, 0.4) is 0 Å². The smallest absolute Gasteiger partial charge is 0.277 e. The lowest BCUT2D eigenvalue weighted by molar-refractivity contribution is -0.384. The molecule has 0 saturated carbocycles. The second-order valence-electron chi connectivity index (χ2n) is 7.67. The summed E-state index contributed by atoms with van der Waals surface area (Å²) in [5.74, 6) is 0. The molecule has 4 aromatic carbocycles. The van der Waals surface area contributed by atoms with Crippen molar-refractivity contribution >= 4 is 34.4 Å². The predicted octanol–water partition coefficient (Wildman–Crippen LogP) is 7.16. The predicted molar refractivity (Wildman–Crippen MR) is 124 cm³/mol. The van der Waals surface area contributed by atoms with Crippen LogP contribution >= 0.6 is 11.6 Å². The number of fused-ring (bicyclic) bond motifs is 8. The van der Waals surface area contributed by atoms with Crippen LogP contribution in [-0.4, -0.2) is 4.92 Å². The van der Waals surface area contributed by atoms with Crippen molar-refractivity contribution in [2.24, 2.45) is 0 Å². The Morgan fingerprint density at radius 1 is 0.839 bits per heavy atom. The van der Waals surface area contributed by atoms with E-state index >= 15 is 0 Å². The third-order valence-electron chi connectivity index (χ3n) is 5.98. The van der Waals surface area contributed by atoms with E-state index in [4.69, 9.17) is 11.6 Å². The molecule has 1 unspecified atom stereocenters. The van der Waals surface area contributed by atoms with Crippen LogP contribution in [0.1, 0.15) is 11.7 Å². The Labute approximate surface area is 183 Å². The van der Waals surface area contributed by atoms with Gasteiger partial charge in [-0.15, -0.1) is 0 Å². The third-order valence-corrected chi connectivity index (χ3v) is 6.22. The van der Waals surface area contributed by atoms with Crippen molar-refractivity contribution in [3.8, 4) is 22.3 Å². The van der Waals surface area contributed by atoms with Crippen molar-refractivity contribution in [1.82, 2.24) is 0 Å². The summed E-state index contributed by atoms with van der Waals surface area (Å²) in [7, 11) is 0. The summed E-state index contributed by atoms with van der Waals surface area (Å²) in [6.45, 7) is 0. The first-order chi connectivity index (χ1) is 15.1. The maximum atomic E-state index is 11.6. The van der Waals surface area contributed by atoms with Gasteiger partial charge in [-0.3, -0.25) is 10.1 Å². The molecule has 0 bridgehead atoms. The zero-order valence-electron chi connectivity index (χ0n) is 16.2. The van der Waals surface area contributed by atoms with Crippen LogP contribution in [0, 0.1) is 10.1 Å². The number of nitro groups is 1.